The molecule has 1 aromatic carbocycles. The second-order valence-electron chi connectivity index (χ2n) is 5.69. The van der Waals surface area contributed by atoms with Crippen molar-refractivity contribution in [2.24, 2.45) is 5.73 Å². The van der Waals surface area contributed by atoms with E-state index in [1.54, 1.807) is 7.11 Å². The van der Waals surface area contributed by atoms with E-state index in [-0.39, 0.29) is 12.6 Å². The molecule has 23 heavy (non-hydrogen) atoms. The number of nitrogens with two attached hydrogens (primary N) is 1. The number of aliphatic hydroxyl groups excluding tert-OH is 1. The third kappa shape index (κ3) is 4.57. The molecule has 1 atom stereocenters. The lowest BCUT2D eigenvalue weighted by Gasteiger charge is -2.39. The Hall–Kier alpha value is -1.34. The minimum atomic E-state index is 0.138. The van der Waals surface area contributed by atoms with E-state index in [1.807, 2.05) is 19.1 Å². The second-order valence-corrected chi connectivity index (χ2v) is 5.69. The monoisotopic (exact) mass is 323 g/mol. The molecule has 3 N–H and O–H groups in total. The fraction of sp³-hybridized carbons (Fsp3) is 0.647. The first-order chi connectivity index (χ1) is 11.2. The van der Waals surface area contributed by atoms with Gasteiger partial charge in [0.1, 0.15) is 11.5 Å². The van der Waals surface area contributed by atoms with Crippen LogP contribution in [0.3, 0.4) is 0 Å². The molecule has 0 aliphatic carbocycles. The lowest BCUT2D eigenvalue weighted by atomic mass is 10.0. The number of hydrogen-bond acceptors (Lipinski definition) is 6. The summed E-state index contributed by atoms with van der Waals surface area (Å²) >= 11 is 0. The number of ether oxygens (including phenoxy) is 2. The number of hydrogen-bond donors (Lipinski definition) is 2. The van der Waals surface area contributed by atoms with Crippen molar-refractivity contribution in [3.8, 4) is 11.5 Å². The first kappa shape index (κ1) is 18.0. The lowest BCUT2D eigenvalue weighted by molar-refractivity contribution is 0.0846. The Morgan fingerprint density at radius 3 is 2.57 bits per heavy atom. The average molecular weight is 323 g/mol. The molecule has 1 heterocycles. The van der Waals surface area contributed by atoms with Gasteiger partial charge in [0.25, 0.3) is 0 Å². The van der Waals surface area contributed by atoms with E-state index in [2.05, 4.69) is 15.9 Å². The van der Waals surface area contributed by atoms with Crippen LogP contribution in [-0.2, 0) is 0 Å². The highest BCUT2D eigenvalue weighted by Gasteiger charge is 2.26. The predicted octanol–water partition coefficient (Wildman–Crippen LogP) is 0.704. The van der Waals surface area contributed by atoms with Gasteiger partial charge in [-0.15, -0.1) is 0 Å². The summed E-state index contributed by atoms with van der Waals surface area (Å²) in [5, 5.41) is 9.06. The minimum Gasteiger partial charge on any atom is -0.497 e. The van der Waals surface area contributed by atoms with Crippen molar-refractivity contribution in [3.05, 3.63) is 23.8 Å². The summed E-state index contributed by atoms with van der Waals surface area (Å²) in [7, 11) is 1.66. The van der Waals surface area contributed by atoms with Gasteiger partial charge in [-0.3, -0.25) is 9.80 Å². The molecule has 0 amide bonds. The Balaban J connectivity index is 2.14. The van der Waals surface area contributed by atoms with Crippen molar-refractivity contribution in [1.29, 1.82) is 0 Å². The molecule has 130 valence electrons. The Bertz CT molecular complexity index is 476. The van der Waals surface area contributed by atoms with Gasteiger partial charge in [-0.05, 0) is 13.0 Å². The van der Waals surface area contributed by atoms with Crippen LogP contribution in [0.1, 0.15) is 18.5 Å². The number of β-amino-alcohol motifs (C(OH)–C–C–N with tert-alkyl or cyclic N) is 1. The van der Waals surface area contributed by atoms with Crippen molar-refractivity contribution in [3.63, 3.8) is 0 Å². The zero-order valence-electron chi connectivity index (χ0n) is 14.2. The van der Waals surface area contributed by atoms with Gasteiger partial charge in [0.05, 0.1) is 26.4 Å². The summed E-state index contributed by atoms with van der Waals surface area (Å²) in [4.78, 5) is 4.68. The molecule has 1 aliphatic heterocycles. The maximum Gasteiger partial charge on any atom is 0.127 e. The predicted molar refractivity (Wildman–Crippen MR) is 91.1 cm³/mol. The maximum absolute atomic E-state index is 9.06. The Morgan fingerprint density at radius 2 is 2.00 bits per heavy atom. The molecular weight excluding hydrogens is 294 g/mol. The molecule has 0 radical (unpaired) electrons. The number of benzene rings is 1. The highest BCUT2D eigenvalue weighted by Crippen LogP contribution is 2.33. The highest BCUT2D eigenvalue weighted by atomic mass is 16.5. The van der Waals surface area contributed by atoms with Crippen LogP contribution in [0.4, 0.5) is 0 Å². The molecule has 6 heteroatoms. The van der Waals surface area contributed by atoms with Crippen LogP contribution in [0, 0.1) is 0 Å². The van der Waals surface area contributed by atoms with Gasteiger partial charge in [-0.1, -0.05) is 6.07 Å². The van der Waals surface area contributed by atoms with Crippen molar-refractivity contribution in [2.75, 3.05) is 59.6 Å². The molecule has 6 nitrogen and oxygen atoms in total. The Labute approximate surface area is 138 Å². The summed E-state index contributed by atoms with van der Waals surface area (Å²) < 4.78 is 11.1. The molecular formula is C17H29N3O3. The van der Waals surface area contributed by atoms with Gasteiger partial charge < -0.3 is 20.3 Å². The zero-order valence-corrected chi connectivity index (χ0v) is 14.2. The second kappa shape index (κ2) is 9.08. The van der Waals surface area contributed by atoms with Crippen molar-refractivity contribution < 1.29 is 14.6 Å². The lowest BCUT2D eigenvalue weighted by Crippen LogP contribution is -2.49. The van der Waals surface area contributed by atoms with Gasteiger partial charge in [0.2, 0.25) is 0 Å². The molecule has 0 bridgehead atoms. The van der Waals surface area contributed by atoms with Crippen LogP contribution < -0.4 is 15.2 Å². The molecule has 1 unspecified atom stereocenters. The van der Waals surface area contributed by atoms with Crippen molar-refractivity contribution in [2.45, 2.75) is 13.0 Å². The maximum atomic E-state index is 9.06. The first-order valence-corrected chi connectivity index (χ1v) is 8.31. The van der Waals surface area contributed by atoms with Crippen LogP contribution in [0.5, 0.6) is 11.5 Å². The number of methoxy groups -OCH3 is 1. The van der Waals surface area contributed by atoms with E-state index in [9.17, 15) is 0 Å². The Morgan fingerprint density at radius 1 is 1.26 bits per heavy atom. The molecule has 0 spiro atoms. The largest absolute Gasteiger partial charge is 0.497 e. The fourth-order valence-corrected chi connectivity index (χ4v) is 3.11. The molecule has 1 aliphatic rings. The molecule has 1 saturated heterocycles. The fourth-order valence-electron chi connectivity index (χ4n) is 3.11. The van der Waals surface area contributed by atoms with Gasteiger partial charge in [0.15, 0.2) is 0 Å². The van der Waals surface area contributed by atoms with E-state index in [4.69, 9.17) is 20.3 Å². The van der Waals surface area contributed by atoms with Crippen molar-refractivity contribution in [1.82, 2.24) is 9.80 Å². The standard InChI is InChI=1S/C17H29N3O3/c1-3-23-17-12-14(22-2)4-5-15(17)16(13-18)20-8-6-19(7-9-20)10-11-21/h4-5,12,16,21H,3,6-11,13,18H2,1-2H3. The number of aliphatic hydroxyl groups is 1. The summed E-state index contributed by atoms with van der Waals surface area (Å²) in [6, 6.07) is 6.09. The van der Waals surface area contributed by atoms with Gasteiger partial charge >= 0.3 is 0 Å². The normalized spacial score (nSPS) is 17.9. The summed E-state index contributed by atoms with van der Waals surface area (Å²) in [6.45, 7) is 7.90. The van der Waals surface area contributed by atoms with Gasteiger partial charge in [-0.2, -0.15) is 0 Å². The minimum absolute atomic E-state index is 0.138. The SMILES string of the molecule is CCOc1cc(OC)ccc1C(CN)N1CCN(CCO)CC1. The topological polar surface area (TPSA) is 71.2 Å². The summed E-state index contributed by atoms with van der Waals surface area (Å²) in [6.07, 6.45) is 0. The smallest absolute Gasteiger partial charge is 0.127 e. The first-order valence-electron chi connectivity index (χ1n) is 8.31. The highest BCUT2D eigenvalue weighted by molar-refractivity contribution is 5.42. The van der Waals surface area contributed by atoms with E-state index < -0.39 is 0 Å². The van der Waals surface area contributed by atoms with Crippen LogP contribution in [0.2, 0.25) is 0 Å². The third-order valence-corrected chi connectivity index (χ3v) is 4.37. The van der Waals surface area contributed by atoms with Gasteiger partial charge in [-0.25, -0.2) is 0 Å². The van der Waals surface area contributed by atoms with Crippen LogP contribution in [-0.4, -0.2) is 74.5 Å². The quantitative estimate of drug-likeness (QED) is 0.734. The number of nitrogens with zero attached hydrogens (tertiary/aromatic N) is 2. The molecule has 2 rings (SSSR count). The Kier molecular flexibility index (Phi) is 7.11. The molecule has 1 fully saturated rings. The number of piperazine rings is 1. The summed E-state index contributed by atoms with van der Waals surface area (Å²) in [5.74, 6) is 1.64. The van der Waals surface area contributed by atoms with E-state index in [0.717, 1.165) is 49.8 Å². The molecule has 0 aromatic heterocycles. The van der Waals surface area contributed by atoms with E-state index >= 15 is 0 Å². The number of rotatable bonds is 8. The van der Waals surface area contributed by atoms with Gasteiger partial charge in [0, 0.05) is 50.9 Å². The average Bonchev–Trinajstić information content (AvgIpc) is 2.58. The van der Waals surface area contributed by atoms with Crippen LogP contribution in [0.25, 0.3) is 0 Å². The zero-order chi connectivity index (χ0) is 16.7. The van der Waals surface area contributed by atoms with Crippen LogP contribution in [0.15, 0.2) is 18.2 Å². The van der Waals surface area contributed by atoms with Crippen LogP contribution >= 0.6 is 0 Å². The molecule has 1 aromatic rings. The van der Waals surface area contributed by atoms with E-state index in [0.29, 0.717) is 13.2 Å². The summed E-state index contributed by atoms with van der Waals surface area (Å²) in [5.41, 5.74) is 7.20. The van der Waals surface area contributed by atoms with E-state index in [1.165, 1.54) is 0 Å². The third-order valence-electron chi connectivity index (χ3n) is 4.37. The van der Waals surface area contributed by atoms with Crippen molar-refractivity contribution >= 4 is 0 Å². The molecule has 0 saturated carbocycles.